The van der Waals surface area contributed by atoms with Crippen molar-refractivity contribution in [2.75, 3.05) is 5.32 Å². The maximum Gasteiger partial charge on any atom is 0.267 e. The summed E-state index contributed by atoms with van der Waals surface area (Å²) in [5.41, 5.74) is 2.57. The summed E-state index contributed by atoms with van der Waals surface area (Å²) in [6, 6.07) is 12.5. The van der Waals surface area contributed by atoms with Crippen LogP contribution in [-0.2, 0) is 0 Å². The number of amides is 1. The first kappa shape index (κ1) is 19.5. The summed E-state index contributed by atoms with van der Waals surface area (Å²) < 4.78 is 7.50. The number of halogens is 3. The van der Waals surface area contributed by atoms with Crippen molar-refractivity contribution in [1.29, 1.82) is 0 Å². The molecule has 0 atom stereocenters. The van der Waals surface area contributed by atoms with E-state index in [-0.39, 0.29) is 5.91 Å². The minimum atomic E-state index is -0.295. The fourth-order valence-corrected chi connectivity index (χ4v) is 5.08. The van der Waals surface area contributed by atoms with Gasteiger partial charge in [0.25, 0.3) is 5.91 Å². The second-order valence-corrected chi connectivity index (χ2v) is 9.22. The fourth-order valence-electron chi connectivity index (χ4n) is 3.03. The smallest absolute Gasteiger partial charge is 0.267 e. The van der Waals surface area contributed by atoms with Crippen LogP contribution in [0.15, 0.2) is 63.7 Å². The first-order valence-corrected chi connectivity index (χ1v) is 11.0. The van der Waals surface area contributed by atoms with Gasteiger partial charge in [-0.2, -0.15) is 0 Å². The highest BCUT2D eigenvalue weighted by Gasteiger charge is 2.18. The Bertz CT molecular complexity index is 1450. The number of nitrogens with zero attached hydrogens (tertiary/aromatic N) is 2. The van der Waals surface area contributed by atoms with Crippen molar-refractivity contribution in [1.82, 2.24) is 9.97 Å². The number of carbonyl (C=O) groups is 1. The van der Waals surface area contributed by atoms with E-state index in [0.717, 1.165) is 20.1 Å². The topological polar surface area (TPSA) is 68.0 Å². The maximum absolute atomic E-state index is 12.8. The van der Waals surface area contributed by atoms with Crippen LogP contribution in [0.2, 0.25) is 10.0 Å². The third kappa shape index (κ3) is 3.58. The molecule has 0 spiro atoms. The number of hydrogen-bond donors (Lipinski definition) is 1. The Kier molecular flexibility index (Phi) is 4.99. The largest absolute Gasteiger partial charge is 0.436 e. The van der Waals surface area contributed by atoms with E-state index in [2.05, 4.69) is 31.2 Å². The molecule has 2 aromatic carbocycles. The number of anilines is 1. The van der Waals surface area contributed by atoms with Gasteiger partial charge >= 0.3 is 0 Å². The molecule has 3 heterocycles. The molecule has 0 aliphatic rings. The average Bonchev–Trinajstić information content (AvgIpc) is 3.28. The number of carbonyl (C=O) groups excluding carboxylic acids is 1. The maximum atomic E-state index is 12.8. The predicted octanol–water partition coefficient (Wildman–Crippen LogP) is 7.43. The molecule has 5 aromatic rings. The van der Waals surface area contributed by atoms with Crippen LogP contribution in [0.5, 0.6) is 0 Å². The lowest BCUT2D eigenvalue weighted by atomic mass is 10.2. The van der Waals surface area contributed by atoms with Crippen LogP contribution in [0.4, 0.5) is 5.69 Å². The summed E-state index contributed by atoms with van der Waals surface area (Å²) in [6.07, 6.45) is 3.36. The van der Waals surface area contributed by atoms with Crippen LogP contribution in [0, 0.1) is 0 Å². The van der Waals surface area contributed by atoms with Crippen molar-refractivity contribution >= 4 is 83.2 Å². The van der Waals surface area contributed by atoms with E-state index in [0.29, 0.717) is 37.6 Å². The summed E-state index contributed by atoms with van der Waals surface area (Å²) in [6.45, 7) is 0. The zero-order chi connectivity index (χ0) is 20.8. The van der Waals surface area contributed by atoms with Gasteiger partial charge in [-0.1, -0.05) is 29.3 Å². The second-order valence-electron chi connectivity index (χ2n) is 6.43. The lowest BCUT2D eigenvalue weighted by Gasteiger charge is -2.03. The van der Waals surface area contributed by atoms with Gasteiger partial charge in [0.1, 0.15) is 10.4 Å². The summed E-state index contributed by atoms with van der Waals surface area (Å²) in [5, 5.41) is 4.69. The first-order valence-electron chi connectivity index (χ1n) is 8.68. The standard InChI is InChI=1S/C21H10BrCl2N3O2S/c22-11-5-10(8-25-9-11)21-27-15-7-13(2-4-16(15)29-21)26-20(28)19-18(24)14-3-1-12(23)6-17(14)30-19/h1-9H,(H,26,28). The third-order valence-corrected chi connectivity index (χ3v) is 6.72. The van der Waals surface area contributed by atoms with E-state index in [4.69, 9.17) is 27.6 Å². The molecule has 0 saturated heterocycles. The van der Waals surface area contributed by atoms with Gasteiger partial charge in [-0.3, -0.25) is 9.78 Å². The molecule has 0 saturated carbocycles. The molecule has 3 aromatic heterocycles. The lowest BCUT2D eigenvalue weighted by Crippen LogP contribution is -2.10. The molecule has 1 N–H and O–H groups in total. The Morgan fingerprint density at radius 2 is 1.97 bits per heavy atom. The number of thiophene rings is 1. The Balaban J connectivity index is 1.45. The van der Waals surface area contributed by atoms with E-state index in [1.165, 1.54) is 11.3 Å². The molecule has 0 bridgehead atoms. The summed E-state index contributed by atoms with van der Waals surface area (Å²) in [4.78, 5) is 21.9. The zero-order valence-corrected chi connectivity index (χ0v) is 18.9. The van der Waals surface area contributed by atoms with Crippen molar-refractivity contribution < 1.29 is 9.21 Å². The number of oxazole rings is 1. The molecular formula is C21H10BrCl2N3O2S. The highest BCUT2D eigenvalue weighted by Crippen LogP contribution is 2.37. The van der Waals surface area contributed by atoms with Crippen LogP contribution in [0.3, 0.4) is 0 Å². The Morgan fingerprint density at radius 3 is 2.80 bits per heavy atom. The van der Waals surface area contributed by atoms with Crippen LogP contribution < -0.4 is 5.32 Å². The predicted molar refractivity (Wildman–Crippen MR) is 125 cm³/mol. The summed E-state index contributed by atoms with van der Waals surface area (Å²) in [5.74, 6) is 0.156. The van der Waals surface area contributed by atoms with Crippen molar-refractivity contribution in [2.24, 2.45) is 0 Å². The number of nitrogens with one attached hydrogen (secondary N) is 1. The molecule has 0 aliphatic carbocycles. The molecule has 1 amide bonds. The van der Waals surface area contributed by atoms with E-state index >= 15 is 0 Å². The van der Waals surface area contributed by atoms with E-state index in [9.17, 15) is 4.79 Å². The Labute approximate surface area is 192 Å². The van der Waals surface area contributed by atoms with Gasteiger partial charge in [-0.05, 0) is 52.3 Å². The van der Waals surface area contributed by atoms with Crippen LogP contribution in [-0.4, -0.2) is 15.9 Å². The SMILES string of the molecule is O=C(Nc1ccc2oc(-c3cncc(Br)c3)nc2c1)c1sc2cc(Cl)ccc2c1Cl. The molecule has 30 heavy (non-hydrogen) atoms. The monoisotopic (exact) mass is 517 g/mol. The van der Waals surface area contributed by atoms with Crippen LogP contribution in [0.25, 0.3) is 32.6 Å². The van der Waals surface area contributed by atoms with Gasteiger partial charge in [0.15, 0.2) is 5.58 Å². The second kappa shape index (κ2) is 7.67. The summed E-state index contributed by atoms with van der Waals surface area (Å²) in [7, 11) is 0. The molecule has 5 nitrogen and oxygen atoms in total. The van der Waals surface area contributed by atoms with Gasteiger partial charge in [0.05, 0.1) is 10.6 Å². The summed E-state index contributed by atoms with van der Waals surface area (Å²) >= 11 is 17.1. The number of fused-ring (bicyclic) bond motifs is 2. The number of rotatable bonds is 3. The van der Waals surface area contributed by atoms with Gasteiger partial charge in [0, 0.05) is 37.7 Å². The van der Waals surface area contributed by atoms with Crippen molar-refractivity contribution in [3.8, 4) is 11.5 Å². The number of pyridine rings is 1. The van der Waals surface area contributed by atoms with Gasteiger partial charge in [-0.15, -0.1) is 11.3 Å². The quantitative estimate of drug-likeness (QED) is 0.269. The van der Waals surface area contributed by atoms with E-state index < -0.39 is 0 Å². The number of hydrogen-bond acceptors (Lipinski definition) is 5. The minimum Gasteiger partial charge on any atom is -0.436 e. The Morgan fingerprint density at radius 1 is 1.10 bits per heavy atom. The molecule has 148 valence electrons. The highest BCUT2D eigenvalue weighted by molar-refractivity contribution is 9.10. The zero-order valence-electron chi connectivity index (χ0n) is 14.9. The Hall–Kier alpha value is -2.45. The van der Waals surface area contributed by atoms with Crippen LogP contribution in [0.1, 0.15) is 9.67 Å². The third-order valence-electron chi connectivity index (χ3n) is 4.39. The van der Waals surface area contributed by atoms with Crippen molar-refractivity contribution in [2.45, 2.75) is 0 Å². The molecule has 5 rings (SSSR count). The molecule has 0 radical (unpaired) electrons. The van der Waals surface area contributed by atoms with Crippen molar-refractivity contribution in [3.63, 3.8) is 0 Å². The molecule has 0 fully saturated rings. The number of benzene rings is 2. The fraction of sp³-hybridized carbons (Fsp3) is 0. The van der Waals surface area contributed by atoms with Gasteiger partial charge in [0.2, 0.25) is 5.89 Å². The first-order chi connectivity index (χ1) is 14.5. The van der Waals surface area contributed by atoms with Gasteiger partial charge < -0.3 is 9.73 Å². The highest BCUT2D eigenvalue weighted by atomic mass is 79.9. The molecular weight excluding hydrogens is 509 g/mol. The van der Waals surface area contributed by atoms with Crippen LogP contribution >= 0.6 is 50.5 Å². The molecule has 0 aliphatic heterocycles. The number of aromatic nitrogens is 2. The lowest BCUT2D eigenvalue weighted by molar-refractivity contribution is 0.103. The van der Waals surface area contributed by atoms with E-state index in [1.54, 1.807) is 42.7 Å². The normalized spacial score (nSPS) is 11.3. The average molecular weight is 519 g/mol. The van der Waals surface area contributed by atoms with Crippen molar-refractivity contribution in [3.05, 3.63) is 74.3 Å². The molecule has 9 heteroatoms. The van der Waals surface area contributed by atoms with E-state index in [1.807, 2.05) is 12.1 Å². The van der Waals surface area contributed by atoms with Gasteiger partial charge in [-0.25, -0.2) is 4.98 Å². The molecule has 0 unspecified atom stereocenters. The minimum absolute atomic E-state index is 0.295.